The number of carbonyl (C=O) groups excluding carboxylic acids is 1. The van der Waals surface area contributed by atoms with Gasteiger partial charge >= 0.3 is 0 Å². The molecular weight excluding hydrogens is 286 g/mol. The summed E-state index contributed by atoms with van der Waals surface area (Å²) in [4.78, 5) is 19.6. The minimum absolute atomic E-state index is 0.161. The average Bonchev–Trinajstić information content (AvgIpc) is 2.88. The van der Waals surface area contributed by atoms with Crippen LogP contribution in [0.1, 0.15) is 21.9 Å². The van der Waals surface area contributed by atoms with Gasteiger partial charge < -0.3 is 10.3 Å². The highest BCUT2D eigenvalue weighted by molar-refractivity contribution is 6.31. The minimum atomic E-state index is -0.161. The van der Waals surface area contributed by atoms with Crippen molar-refractivity contribution in [2.45, 2.75) is 13.5 Å². The summed E-state index contributed by atoms with van der Waals surface area (Å²) in [6, 6.07) is 13.0. The molecule has 0 fully saturated rings. The summed E-state index contributed by atoms with van der Waals surface area (Å²) in [6.07, 6.45) is 0. The van der Waals surface area contributed by atoms with Gasteiger partial charge in [0.15, 0.2) is 0 Å². The summed E-state index contributed by atoms with van der Waals surface area (Å²) in [7, 11) is 0. The number of aryl methyl sites for hydroxylation is 1. The molecule has 4 nitrogen and oxygen atoms in total. The Balaban J connectivity index is 1.74. The normalized spacial score (nSPS) is 10.8. The quantitative estimate of drug-likeness (QED) is 0.778. The lowest BCUT2D eigenvalue weighted by molar-refractivity contribution is 0.0946. The van der Waals surface area contributed by atoms with Crippen LogP contribution < -0.4 is 5.32 Å². The van der Waals surface area contributed by atoms with Crippen LogP contribution in [0, 0.1) is 6.92 Å². The molecule has 2 N–H and O–H groups in total. The predicted molar refractivity (Wildman–Crippen MR) is 83.5 cm³/mol. The van der Waals surface area contributed by atoms with Crippen LogP contribution in [0.3, 0.4) is 0 Å². The van der Waals surface area contributed by atoms with Crippen LogP contribution in [0.5, 0.6) is 0 Å². The number of halogens is 1. The number of amides is 1. The Hall–Kier alpha value is -2.33. The number of hydrogen-bond donors (Lipinski definition) is 2. The molecule has 0 saturated carbocycles. The van der Waals surface area contributed by atoms with Gasteiger partial charge in [0.1, 0.15) is 5.69 Å². The minimum Gasteiger partial charge on any atom is -0.351 e. The summed E-state index contributed by atoms with van der Waals surface area (Å²) in [5, 5.41) is 4.42. The maximum absolute atomic E-state index is 12.2. The van der Waals surface area contributed by atoms with E-state index in [0.717, 1.165) is 22.3 Å². The van der Waals surface area contributed by atoms with Crippen molar-refractivity contribution < 1.29 is 4.79 Å². The average molecular weight is 300 g/mol. The zero-order valence-corrected chi connectivity index (χ0v) is 12.2. The third kappa shape index (κ3) is 3.06. The van der Waals surface area contributed by atoms with Gasteiger partial charge in [0.25, 0.3) is 5.91 Å². The highest BCUT2D eigenvalue weighted by Crippen LogP contribution is 2.20. The molecule has 1 amide bonds. The molecule has 0 saturated heterocycles. The first kappa shape index (κ1) is 13.6. The molecule has 0 spiro atoms. The van der Waals surface area contributed by atoms with Gasteiger partial charge in [-0.1, -0.05) is 17.7 Å². The van der Waals surface area contributed by atoms with E-state index in [2.05, 4.69) is 15.3 Å². The molecule has 5 heteroatoms. The second-order valence-corrected chi connectivity index (χ2v) is 5.30. The number of aromatic nitrogens is 2. The third-order valence-corrected chi connectivity index (χ3v) is 3.44. The largest absolute Gasteiger partial charge is 0.351 e. The molecule has 21 heavy (non-hydrogen) atoms. The van der Waals surface area contributed by atoms with Crippen molar-refractivity contribution in [3.05, 3.63) is 64.6 Å². The van der Waals surface area contributed by atoms with Gasteiger partial charge in [-0.3, -0.25) is 9.78 Å². The number of hydrogen-bond acceptors (Lipinski definition) is 2. The van der Waals surface area contributed by atoms with Crippen molar-refractivity contribution in [2.24, 2.45) is 0 Å². The Morgan fingerprint density at radius 2 is 2.14 bits per heavy atom. The predicted octanol–water partition coefficient (Wildman–Crippen LogP) is 3.45. The van der Waals surface area contributed by atoms with Crippen LogP contribution in [-0.4, -0.2) is 15.9 Å². The van der Waals surface area contributed by atoms with Crippen molar-refractivity contribution in [3.63, 3.8) is 0 Å². The van der Waals surface area contributed by atoms with Crippen LogP contribution in [-0.2, 0) is 6.54 Å². The fourth-order valence-electron chi connectivity index (χ4n) is 2.19. The standard InChI is InChI=1S/C16H14ClN3O/c1-10-3-2-4-13(19-10)9-18-16(21)15-8-11-7-12(17)5-6-14(11)20-15/h2-8,20H,9H2,1H3,(H,18,21). The van der Waals surface area contributed by atoms with Crippen LogP contribution in [0.4, 0.5) is 0 Å². The van der Waals surface area contributed by atoms with Gasteiger partial charge in [-0.05, 0) is 43.3 Å². The number of pyridine rings is 1. The van der Waals surface area contributed by atoms with Crippen molar-refractivity contribution in [3.8, 4) is 0 Å². The molecule has 1 aromatic carbocycles. The number of rotatable bonds is 3. The number of aromatic amines is 1. The van der Waals surface area contributed by atoms with Crippen LogP contribution >= 0.6 is 11.6 Å². The molecule has 0 aliphatic heterocycles. The first-order valence-corrected chi connectivity index (χ1v) is 6.98. The van der Waals surface area contributed by atoms with Crippen molar-refractivity contribution in [2.75, 3.05) is 0 Å². The number of fused-ring (bicyclic) bond motifs is 1. The fraction of sp³-hybridized carbons (Fsp3) is 0.125. The Labute approximate surface area is 127 Å². The monoisotopic (exact) mass is 299 g/mol. The molecule has 0 radical (unpaired) electrons. The second-order valence-electron chi connectivity index (χ2n) is 4.87. The molecular formula is C16H14ClN3O. The Kier molecular flexibility index (Phi) is 3.62. The molecule has 0 aliphatic rings. The highest BCUT2D eigenvalue weighted by Gasteiger charge is 2.09. The molecule has 3 rings (SSSR count). The molecule has 106 valence electrons. The lowest BCUT2D eigenvalue weighted by Gasteiger charge is -2.03. The van der Waals surface area contributed by atoms with Gasteiger partial charge in [-0.2, -0.15) is 0 Å². The summed E-state index contributed by atoms with van der Waals surface area (Å²) < 4.78 is 0. The van der Waals surface area contributed by atoms with Crippen LogP contribution in [0.15, 0.2) is 42.5 Å². The lowest BCUT2D eigenvalue weighted by Crippen LogP contribution is -2.23. The van der Waals surface area contributed by atoms with E-state index in [0.29, 0.717) is 17.3 Å². The Morgan fingerprint density at radius 1 is 1.29 bits per heavy atom. The first-order chi connectivity index (χ1) is 10.1. The van der Waals surface area contributed by atoms with E-state index in [1.807, 2.05) is 37.3 Å². The molecule has 0 aliphatic carbocycles. The number of H-pyrrole nitrogens is 1. The topological polar surface area (TPSA) is 57.8 Å². The summed E-state index contributed by atoms with van der Waals surface area (Å²) in [6.45, 7) is 2.32. The first-order valence-electron chi connectivity index (χ1n) is 6.61. The van der Waals surface area contributed by atoms with Gasteiger partial charge in [0.05, 0.1) is 12.2 Å². The van der Waals surface area contributed by atoms with E-state index in [1.54, 1.807) is 12.1 Å². The molecule has 0 unspecified atom stereocenters. The van der Waals surface area contributed by atoms with Gasteiger partial charge in [0, 0.05) is 21.6 Å². The third-order valence-electron chi connectivity index (χ3n) is 3.20. The van der Waals surface area contributed by atoms with Crippen molar-refractivity contribution in [1.82, 2.24) is 15.3 Å². The van der Waals surface area contributed by atoms with Crippen LogP contribution in [0.2, 0.25) is 5.02 Å². The van der Waals surface area contributed by atoms with Crippen LogP contribution in [0.25, 0.3) is 10.9 Å². The van der Waals surface area contributed by atoms with Crippen molar-refractivity contribution in [1.29, 1.82) is 0 Å². The number of benzene rings is 1. The molecule has 3 aromatic rings. The Bertz CT molecular complexity index is 810. The van der Waals surface area contributed by atoms with E-state index in [9.17, 15) is 4.79 Å². The van der Waals surface area contributed by atoms with E-state index in [-0.39, 0.29) is 5.91 Å². The molecule has 0 bridgehead atoms. The molecule has 2 aromatic heterocycles. The maximum Gasteiger partial charge on any atom is 0.268 e. The zero-order valence-electron chi connectivity index (χ0n) is 11.5. The van der Waals surface area contributed by atoms with Gasteiger partial charge in [-0.25, -0.2) is 0 Å². The SMILES string of the molecule is Cc1cccc(CNC(=O)c2cc3cc(Cl)ccc3[nH]2)n1. The number of nitrogens with zero attached hydrogens (tertiary/aromatic N) is 1. The summed E-state index contributed by atoms with van der Waals surface area (Å²) >= 11 is 5.94. The molecule has 0 atom stereocenters. The smallest absolute Gasteiger partial charge is 0.268 e. The van der Waals surface area contributed by atoms with E-state index in [1.165, 1.54) is 0 Å². The lowest BCUT2D eigenvalue weighted by atomic mass is 10.2. The molecule has 2 heterocycles. The van der Waals surface area contributed by atoms with Gasteiger partial charge in [-0.15, -0.1) is 0 Å². The van der Waals surface area contributed by atoms with E-state index >= 15 is 0 Å². The number of carbonyl (C=O) groups is 1. The zero-order chi connectivity index (χ0) is 14.8. The maximum atomic E-state index is 12.2. The van der Waals surface area contributed by atoms with E-state index < -0.39 is 0 Å². The summed E-state index contributed by atoms with van der Waals surface area (Å²) in [5.74, 6) is -0.161. The van der Waals surface area contributed by atoms with Gasteiger partial charge in [0.2, 0.25) is 0 Å². The Morgan fingerprint density at radius 3 is 2.95 bits per heavy atom. The number of nitrogens with one attached hydrogen (secondary N) is 2. The van der Waals surface area contributed by atoms with Crippen molar-refractivity contribution >= 4 is 28.4 Å². The highest BCUT2D eigenvalue weighted by atomic mass is 35.5. The fourth-order valence-corrected chi connectivity index (χ4v) is 2.37. The summed E-state index contributed by atoms with van der Waals surface area (Å²) in [5.41, 5.74) is 3.17. The second kappa shape index (κ2) is 5.58. The van der Waals surface area contributed by atoms with E-state index in [4.69, 9.17) is 11.6 Å².